The van der Waals surface area contributed by atoms with Crippen molar-refractivity contribution in [2.75, 3.05) is 11.1 Å². The van der Waals surface area contributed by atoms with Gasteiger partial charge in [0, 0.05) is 24.1 Å². The highest BCUT2D eigenvalue weighted by atomic mass is 35.5. The first-order valence-corrected chi connectivity index (χ1v) is 9.95. The maximum absolute atomic E-state index is 12.8. The van der Waals surface area contributed by atoms with Crippen molar-refractivity contribution in [1.82, 2.24) is 4.57 Å². The lowest BCUT2D eigenvalue weighted by molar-refractivity contribution is -0.137. The maximum Gasteiger partial charge on any atom is 0.416 e. The molecule has 0 saturated heterocycles. The highest BCUT2D eigenvalue weighted by Crippen LogP contribution is 2.34. The summed E-state index contributed by atoms with van der Waals surface area (Å²) in [6, 6.07) is 9.18. The topological polar surface area (TPSA) is 68.2 Å². The fraction of sp³-hybridized carbons (Fsp3) is 0.167. The Hall–Kier alpha value is -2.52. The van der Waals surface area contributed by atoms with E-state index in [4.69, 9.17) is 11.6 Å². The van der Waals surface area contributed by atoms with Crippen LogP contribution >= 0.6 is 11.6 Å². The molecule has 1 heterocycles. The Balaban J connectivity index is 1.87. The van der Waals surface area contributed by atoms with E-state index in [1.807, 2.05) is 0 Å². The number of hydrogen-bond acceptors (Lipinski definition) is 3. The second-order valence-corrected chi connectivity index (χ2v) is 8.49. The number of hydrogen-bond donors (Lipinski definition) is 1. The largest absolute Gasteiger partial charge is 0.416 e. The minimum atomic E-state index is -4.63. The molecule has 28 heavy (non-hydrogen) atoms. The Kier molecular flexibility index (Phi) is 5.16. The van der Waals surface area contributed by atoms with Gasteiger partial charge in [-0.15, -0.1) is 0 Å². The van der Waals surface area contributed by atoms with Crippen LogP contribution in [0.1, 0.15) is 5.56 Å². The molecule has 2 aromatic carbocycles. The quantitative estimate of drug-likeness (QED) is 0.672. The fourth-order valence-electron chi connectivity index (χ4n) is 2.79. The number of para-hydroxylation sites is 1. The third-order valence-corrected chi connectivity index (χ3v) is 6.05. The Morgan fingerprint density at radius 3 is 2.54 bits per heavy atom. The van der Waals surface area contributed by atoms with Gasteiger partial charge >= 0.3 is 6.18 Å². The second-order valence-electron chi connectivity index (χ2n) is 6.12. The number of benzene rings is 2. The lowest BCUT2D eigenvalue weighted by Crippen LogP contribution is -2.23. The zero-order chi connectivity index (χ0) is 20.7. The van der Waals surface area contributed by atoms with Crippen LogP contribution in [0.25, 0.3) is 10.9 Å². The van der Waals surface area contributed by atoms with Gasteiger partial charge in [-0.1, -0.05) is 29.8 Å². The average molecular weight is 431 g/mol. The maximum atomic E-state index is 12.8. The summed E-state index contributed by atoms with van der Waals surface area (Å²) in [5, 5.41) is 2.46. The molecule has 3 aromatic rings. The number of carbonyl (C=O) groups is 1. The normalized spacial score (nSPS) is 12.3. The van der Waals surface area contributed by atoms with Crippen molar-refractivity contribution in [2.24, 2.45) is 7.05 Å². The molecule has 1 aromatic heterocycles. The number of amides is 1. The fourth-order valence-corrected chi connectivity index (χ4v) is 4.35. The van der Waals surface area contributed by atoms with E-state index in [-0.39, 0.29) is 15.6 Å². The number of anilines is 1. The molecule has 0 aliphatic rings. The standard InChI is InChI=1S/C18H14ClF3N2O3S/c1-24-9-16(12-4-2-3-5-15(12)24)28(26,27)10-17(25)23-14-8-11(18(20,21)22)6-7-13(14)19/h2-9H,10H2,1H3,(H,23,25). The van der Waals surface area contributed by atoms with E-state index in [0.717, 1.165) is 12.1 Å². The molecule has 0 radical (unpaired) electrons. The number of alkyl halides is 3. The molecule has 10 heteroatoms. The van der Waals surface area contributed by atoms with Crippen LogP contribution in [0, 0.1) is 0 Å². The number of sulfone groups is 1. The highest BCUT2D eigenvalue weighted by Gasteiger charge is 2.31. The molecule has 1 N–H and O–H groups in total. The number of halogens is 4. The number of carbonyl (C=O) groups excluding carboxylic acids is 1. The van der Waals surface area contributed by atoms with E-state index >= 15 is 0 Å². The number of aryl methyl sites for hydroxylation is 1. The summed E-state index contributed by atoms with van der Waals surface area (Å²) in [5.41, 5.74) is -0.652. The zero-order valence-electron chi connectivity index (χ0n) is 14.4. The van der Waals surface area contributed by atoms with E-state index in [0.29, 0.717) is 17.0 Å². The van der Waals surface area contributed by atoms with E-state index in [9.17, 15) is 26.4 Å². The van der Waals surface area contributed by atoms with Crippen LogP contribution in [-0.4, -0.2) is 24.6 Å². The second kappa shape index (κ2) is 7.14. The van der Waals surface area contributed by atoms with Crippen molar-refractivity contribution in [1.29, 1.82) is 0 Å². The third-order valence-electron chi connectivity index (χ3n) is 4.08. The lowest BCUT2D eigenvalue weighted by Gasteiger charge is -2.11. The van der Waals surface area contributed by atoms with Gasteiger partial charge in [-0.2, -0.15) is 13.2 Å². The zero-order valence-corrected chi connectivity index (χ0v) is 16.0. The third kappa shape index (κ3) is 4.00. The van der Waals surface area contributed by atoms with Gasteiger partial charge in [-0.3, -0.25) is 4.79 Å². The van der Waals surface area contributed by atoms with Crippen LogP contribution in [-0.2, 0) is 27.9 Å². The van der Waals surface area contributed by atoms with Crippen molar-refractivity contribution in [3.05, 3.63) is 59.2 Å². The first-order chi connectivity index (χ1) is 13.0. The van der Waals surface area contributed by atoms with Crippen molar-refractivity contribution >= 4 is 43.9 Å². The summed E-state index contributed by atoms with van der Waals surface area (Å²) in [4.78, 5) is 12.2. The Morgan fingerprint density at radius 1 is 1.18 bits per heavy atom. The van der Waals surface area contributed by atoms with Crippen LogP contribution in [0.15, 0.2) is 53.6 Å². The van der Waals surface area contributed by atoms with Gasteiger partial charge < -0.3 is 9.88 Å². The number of nitrogens with one attached hydrogen (secondary N) is 1. The predicted molar refractivity (Wildman–Crippen MR) is 100 cm³/mol. The van der Waals surface area contributed by atoms with Crippen molar-refractivity contribution in [2.45, 2.75) is 11.1 Å². The lowest BCUT2D eigenvalue weighted by atomic mass is 10.2. The molecule has 0 unspecified atom stereocenters. The number of nitrogens with zero attached hydrogens (tertiary/aromatic N) is 1. The predicted octanol–water partition coefficient (Wildman–Crippen LogP) is 4.26. The van der Waals surface area contributed by atoms with Crippen LogP contribution in [0.3, 0.4) is 0 Å². The molecule has 0 spiro atoms. The minimum Gasteiger partial charge on any atom is -0.349 e. The molecular formula is C18H14ClF3N2O3S. The van der Waals surface area contributed by atoms with Gasteiger partial charge in [0.05, 0.1) is 21.2 Å². The molecule has 0 aliphatic heterocycles. The van der Waals surface area contributed by atoms with Crippen LogP contribution < -0.4 is 5.32 Å². The number of rotatable bonds is 4. The van der Waals surface area contributed by atoms with E-state index in [1.165, 1.54) is 6.20 Å². The first kappa shape index (κ1) is 20.2. The summed E-state index contributed by atoms with van der Waals surface area (Å²) >= 11 is 5.83. The summed E-state index contributed by atoms with van der Waals surface area (Å²) in [6.07, 6.45) is -3.23. The molecule has 148 valence electrons. The minimum absolute atomic E-state index is 0.0316. The number of fused-ring (bicyclic) bond motifs is 1. The molecule has 0 bridgehead atoms. The van der Waals surface area contributed by atoms with E-state index < -0.39 is 33.2 Å². The van der Waals surface area contributed by atoms with Crippen LogP contribution in [0.4, 0.5) is 18.9 Å². The van der Waals surface area contributed by atoms with E-state index in [1.54, 1.807) is 35.9 Å². The van der Waals surface area contributed by atoms with Crippen molar-refractivity contribution < 1.29 is 26.4 Å². The van der Waals surface area contributed by atoms with Gasteiger partial charge in [0.1, 0.15) is 5.75 Å². The van der Waals surface area contributed by atoms with Crippen molar-refractivity contribution in [3.8, 4) is 0 Å². The SMILES string of the molecule is Cn1cc(S(=O)(=O)CC(=O)Nc2cc(C(F)(F)F)ccc2Cl)c2ccccc21. The van der Waals surface area contributed by atoms with Gasteiger partial charge in [0.25, 0.3) is 0 Å². The Bertz CT molecular complexity index is 1170. The van der Waals surface area contributed by atoms with Gasteiger partial charge in [-0.05, 0) is 24.3 Å². The summed E-state index contributed by atoms with van der Waals surface area (Å²) in [7, 11) is -2.36. The van der Waals surface area contributed by atoms with Gasteiger partial charge in [-0.25, -0.2) is 8.42 Å². The highest BCUT2D eigenvalue weighted by molar-refractivity contribution is 7.92. The Labute approximate surface area is 163 Å². The summed E-state index contributed by atoms with van der Waals surface area (Å²) in [6.45, 7) is 0. The molecular weight excluding hydrogens is 417 g/mol. The van der Waals surface area contributed by atoms with Crippen LogP contribution in [0.2, 0.25) is 5.02 Å². The molecule has 1 amide bonds. The molecule has 5 nitrogen and oxygen atoms in total. The molecule has 0 fully saturated rings. The number of aromatic nitrogens is 1. The molecule has 3 rings (SSSR count). The monoisotopic (exact) mass is 430 g/mol. The van der Waals surface area contributed by atoms with Crippen molar-refractivity contribution in [3.63, 3.8) is 0 Å². The van der Waals surface area contributed by atoms with Crippen LogP contribution in [0.5, 0.6) is 0 Å². The molecule has 0 atom stereocenters. The summed E-state index contributed by atoms with van der Waals surface area (Å²) < 4.78 is 65.5. The van der Waals surface area contributed by atoms with Gasteiger partial charge in [0.15, 0.2) is 9.84 Å². The average Bonchev–Trinajstić information content (AvgIpc) is 2.94. The summed E-state index contributed by atoms with van der Waals surface area (Å²) in [5.74, 6) is -1.93. The first-order valence-electron chi connectivity index (χ1n) is 7.92. The smallest absolute Gasteiger partial charge is 0.349 e. The van der Waals surface area contributed by atoms with E-state index in [2.05, 4.69) is 5.32 Å². The van der Waals surface area contributed by atoms with Gasteiger partial charge in [0.2, 0.25) is 5.91 Å². The molecule has 0 saturated carbocycles. The Morgan fingerprint density at radius 2 is 1.86 bits per heavy atom. The molecule has 0 aliphatic carbocycles.